The number of benzene rings is 1. The molecule has 2 aromatic heterocycles. The van der Waals surface area contributed by atoms with E-state index in [0.29, 0.717) is 12.5 Å². The minimum absolute atomic E-state index is 0.264. The standard InChI is InChI=1S/C16H15FN4O/c17-12-2-1-10-5-14(20-15(10)6-12)11-7-18-16(19-8-11)21-4-3-13(22)9-21/h1-2,5-8,13,20,22H,3-4,9H2/t13-/m0/s1. The number of nitrogens with zero attached hydrogens (tertiary/aromatic N) is 3. The van der Waals surface area contributed by atoms with Gasteiger partial charge >= 0.3 is 0 Å². The fourth-order valence-corrected chi connectivity index (χ4v) is 2.80. The molecule has 0 radical (unpaired) electrons. The minimum atomic E-state index is -0.299. The molecule has 0 saturated carbocycles. The Kier molecular flexibility index (Phi) is 3.04. The van der Waals surface area contributed by atoms with E-state index in [1.54, 1.807) is 18.5 Å². The Labute approximate surface area is 126 Å². The quantitative estimate of drug-likeness (QED) is 0.762. The zero-order chi connectivity index (χ0) is 15.1. The van der Waals surface area contributed by atoms with Crippen molar-refractivity contribution in [2.75, 3.05) is 18.0 Å². The van der Waals surface area contributed by atoms with Crippen molar-refractivity contribution in [1.29, 1.82) is 0 Å². The SMILES string of the molecule is O[C@H]1CCN(c2ncc(-c3cc4ccc(F)cc4[nH]3)cn2)C1. The zero-order valence-corrected chi connectivity index (χ0v) is 11.8. The van der Waals surface area contributed by atoms with Crippen LogP contribution in [0.25, 0.3) is 22.2 Å². The predicted molar refractivity (Wildman–Crippen MR) is 82.1 cm³/mol. The van der Waals surface area contributed by atoms with Crippen molar-refractivity contribution in [2.45, 2.75) is 12.5 Å². The lowest BCUT2D eigenvalue weighted by Crippen LogP contribution is -2.23. The van der Waals surface area contributed by atoms with Crippen molar-refractivity contribution in [3.8, 4) is 11.3 Å². The lowest BCUT2D eigenvalue weighted by atomic mass is 10.2. The number of halogens is 1. The zero-order valence-electron chi connectivity index (χ0n) is 11.8. The highest BCUT2D eigenvalue weighted by atomic mass is 19.1. The van der Waals surface area contributed by atoms with Crippen LogP contribution in [0.1, 0.15) is 6.42 Å². The minimum Gasteiger partial charge on any atom is -0.391 e. The van der Waals surface area contributed by atoms with E-state index in [4.69, 9.17) is 0 Å². The van der Waals surface area contributed by atoms with E-state index < -0.39 is 0 Å². The molecule has 22 heavy (non-hydrogen) atoms. The number of fused-ring (bicyclic) bond motifs is 1. The number of β-amino-alcohol motifs (C(OH)–C–C–N with tert-alkyl or cyclic N) is 1. The molecular weight excluding hydrogens is 283 g/mol. The summed E-state index contributed by atoms with van der Waals surface area (Å²) in [6.45, 7) is 1.34. The number of aliphatic hydroxyl groups is 1. The van der Waals surface area contributed by atoms with E-state index in [2.05, 4.69) is 15.0 Å². The van der Waals surface area contributed by atoms with E-state index in [-0.39, 0.29) is 11.9 Å². The molecule has 1 aliphatic heterocycles. The van der Waals surface area contributed by atoms with Gasteiger partial charge in [-0.2, -0.15) is 0 Å². The van der Waals surface area contributed by atoms with Gasteiger partial charge in [-0.3, -0.25) is 0 Å². The first-order valence-electron chi connectivity index (χ1n) is 7.23. The van der Waals surface area contributed by atoms with Crippen LogP contribution < -0.4 is 4.90 Å². The molecule has 1 atom stereocenters. The number of aromatic nitrogens is 3. The first-order chi connectivity index (χ1) is 10.7. The van der Waals surface area contributed by atoms with E-state index in [1.807, 2.05) is 11.0 Å². The molecule has 4 rings (SSSR count). The molecule has 0 bridgehead atoms. The molecule has 3 heterocycles. The topological polar surface area (TPSA) is 65.0 Å². The summed E-state index contributed by atoms with van der Waals surface area (Å²) in [4.78, 5) is 13.9. The second-order valence-corrected chi connectivity index (χ2v) is 5.57. The van der Waals surface area contributed by atoms with E-state index in [9.17, 15) is 9.50 Å². The second kappa shape index (κ2) is 5.06. The molecule has 0 aliphatic carbocycles. The molecule has 0 unspecified atom stereocenters. The molecule has 0 amide bonds. The largest absolute Gasteiger partial charge is 0.391 e. The summed E-state index contributed by atoms with van der Waals surface area (Å²) in [5, 5.41) is 10.5. The van der Waals surface area contributed by atoms with E-state index >= 15 is 0 Å². The van der Waals surface area contributed by atoms with Gasteiger partial charge in [0.1, 0.15) is 5.82 Å². The Bertz CT molecular complexity index is 815. The van der Waals surface area contributed by atoms with Crippen molar-refractivity contribution < 1.29 is 9.50 Å². The van der Waals surface area contributed by atoms with Gasteiger partial charge in [0.2, 0.25) is 5.95 Å². The van der Waals surface area contributed by atoms with Crippen LogP contribution in [0.4, 0.5) is 10.3 Å². The molecule has 0 spiro atoms. The van der Waals surface area contributed by atoms with Crippen LogP contribution in [0.5, 0.6) is 0 Å². The number of H-pyrrole nitrogens is 1. The normalized spacial score (nSPS) is 18.3. The maximum Gasteiger partial charge on any atom is 0.225 e. The summed E-state index contributed by atoms with van der Waals surface area (Å²) in [6.07, 6.45) is 3.94. The van der Waals surface area contributed by atoms with E-state index in [0.717, 1.165) is 35.1 Å². The summed E-state index contributed by atoms with van der Waals surface area (Å²) in [5.41, 5.74) is 2.45. The maximum absolute atomic E-state index is 13.2. The van der Waals surface area contributed by atoms with Crippen LogP contribution in [0.3, 0.4) is 0 Å². The third-order valence-electron chi connectivity index (χ3n) is 3.98. The Morgan fingerprint density at radius 2 is 2.05 bits per heavy atom. The van der Waals surface area contributed by atoms with Crippen molar-refractivity contribution in [3.63, 3.8) is 0 Å². The smallest absolute Gasteiger partial charge is 0.225 e. The number of hydrogen-bond acceptors (Lipinski definition) is 4. The summed E-state index contributed by atoms with van der Waals surface area (Å²) in [6, 6.07) is 6.61. The van der Waals surface area contributed by atoms with E-state index in [1.165, 1.54) is 12.1 Å². The Morgan fingerprint density at radius 3 is 2.77 bits per heavy atom. The van der Waals surface area contributed by atoms with Crippen LogP contribution in [0, 0.1) is 5.82 Å². The summed E-state index contributed by atoms with van der Waals surface area (Å²) < 4.78 is 13.2. The lowest BCUT2D eigenvalue weighted by molar-refractivity contribution is 0.198. The molecule has 2 N–H and O–H groups in total. The highest BCUT2D eigenvalue weighted by Crippen LogP contribution is 2.25. The van der Waals surface area contributed by atoms with Gasteiger partial charge in [0.25, 0.3) is 0 Å². The first kappa shape index (κ1) is 13.2. The summed E-state index contributed by atoms with van der Waals surface area (Å²) in [5.74, 6) is 0.363. The molecule has 112 valence electrons. The third kappa shape index (κ3) is 2.31. The average Bonchev–Trinajstić information content (AvgIpc) is 3.13. The highest BCUT2D eigenvalue weighted by Gasteiger charge is 2.22. The number of hydrogen-bond donors (Lipinski definition) is 2. The molecule has 3 aromatic rings. The van der Waals surface area contributed by atoms with Crippen molar-refractivity contribution in [2.24, 2.45) is 0 Å². The lowest BCUT2D eigenvalue weighted by Gasteiger charge is -2.14. The molecule has 1 fully saturated rings. The van der Waals surface area contributed by atoms with Crippen molar-refractivity contribution in [1.82, 2.24) is 15.0 Å². The maximum atomic E-state index is 13.2. The highest BCUT2D eigenvalue weighted by molar-refractivity contribution is 5.85. The van der Waals surface area contributed by atoms with Gasteiger partial charge < -0.3 is 15.0 Å². The van der Waals surface area contributed by atoms with Gasteiger partial charge in [0.05, 0.1) is 6.10 Å². The molecule has 5 nitrogen and oxygen atoms in total. The average molecular weight is 298 g/mol. The molecule has 1 aliphatic rings. The van der Waals surface area contributed by atoms with Crippen LogP contribution in [0.15, 0.2) is 36.7 Å². The molecule has 1 saturated heterocycles. The number of anilines is 1. The predicted octanol–water partition coefficient (Wildman–Crippen LogP) is 2.33. The Morgan fingerprint density at radius 1 is 1.23 bits per heavy atom. The van der Waals surface area contributed by atoms with Crippen molar-refractivity contribution in [3.05, 3.63) is 42.5 Å². The monoisotopic (exact) mass is 298 g/mol. The van der Waals surface area contributed by atoms with Gasteiger partial charge in [-0.25, -0.2) is 14.4 Å². The molecule has 6 heteroatoms. The van der Waals surface area contributed by atoms with Gasteiger partial charge in [0, 0.05) is 47.6 Å². The third-order valence-corrected chi connectivity index (χ3v) is 3.98. The van der Waals surface area contributed by atoms with Crippen LogP contribution in [0.2, 0.25) is 0 Å². The molecule has 1 aromatic carbocycles. The number of rotatable bonds is 2. The Hall–Kier alpha value is -2.47. The second-order valence-electron chi connectivity index (χ2n) is 5.57. The Balaban J connectivity index is 1.64. The fraction of sp³-hybridized carbons (Fsp3) is 0.250. The van der Waals surface area contributed by atoms with Gasteiger partial charge in [-0.05, 0) is 30.7 Å². The number of aliphatic hydroxyl groups excluding tert-OH is 1. The summed E-state index contributed by atoms with van der Waals surface area (Å²) >= 11 is 0. The van der Waals surface area contributed by atoms with Crippen LogP contribution in [-0.4, -0.2) is 39.3 Å². The van der Waals surface area contributed by atoms with Crippen LogP contribution in [-0.2, 0) is 0 Å². The van der Waals surface area contributed by atoms with Crippen molar-refractivity contribution >= 4 is 16.9 Å². The van der Waals surface area contributed by atoms with Gasteiger partial charge in [-0.15, -0.1) is 0 Å². The molecular formula is C16H15FN4O. The number of aromatic amines is 1. The van der Waals surface area contributed by atoms with Gasteiger partial charge in [-0.1, -0.05) is 0 Å². The first-order valence-corrected chi connectivity index (χ1v) is 7.23. The van der Waals surface area contributed by atoms with Crippen LogP contribution >= 0.6 is 0 Å². The summed E-state index contributed by atoms with van der Waals surface area (Å²) in [7, 11) is 0. The van der Waals surface area contributed by atoms with Gasteiger partial charge in [0.15, 0.2) is 0 Å². The number of nitrogens with one attached hydrogen (secondary N) is 1. The fourth-order valence-electron chi connectivity index (χ4n) is 2.80.